The van der Waals surface area contributed by atoms with Gasteiger partial charge in [0.2, 0.25) is 0 Å². The van der Waals surface area contributed by atoms with Crippen LogP contribution in [-0.4, -0.2) is 24.3 Å². The van der Waals surface area contributed by atoms with E-state index in [1.165, 1.54) is 38.5 Å². The van der Waals surface area contributed by atoms with Gasteiger partial charge >= 0.3 is 0 Å². The van der Waals surface area contributed by atoms with E-state index in [0.29, 0.717) is 0 Å². The Morgan fingerprint density at radius 3 is 1.18 bits per heavy atom. The van der Waals surface area contributed by atoms with E-state index in [9.17, 15) is 0 Å². The van der Waals surface area contributed by atoms with Crippen molar-refractivity contribution >= 4 is 0 Å². The molecule has 0 aromatic heterocycles. The smallest absolute Gasteiger partial charge is 0.0788 e. The zero-order valence-corrected chi connectivity index (χ0v) is 7.18. The van der Waals surface area contributed by atoms with Crippen molar-refractivity contribution in [2.45, 2.75) is 44.6 Å². The van der Waals surface area contributed by atoms with Crippen LogP contribution in [0, 0.1) is 0 Å². The second kappa shape index (κ2) is 5.56. The molecule has 2 aliphatic rings. The van der Waals surface area contributed by atoms with Crippen molar-refractivity contribution in [3.8, 4) is 0 Å². The van der Waals surface area contributed by atoms with Crippen molar-refractivity contribution in [3.63, 3.8) is 0 Å². The third kappa shape index (κ3) is 4.38. The Morgan fingerprint density at radius 2 is 1.09 bits per heavy atom. The summed E-state index contributed by atoms with van der Waals surface area (Å²) in [6.45, 7) is 1.58. The standard InChI is InChI=1S/C6H12.C3H7NO/c1-2-4-6-5-3-1;5-3-1-4-2-3/h1-6H2;3-5H,1-2H2. The van der Waals surface area contributed by atoms with Gasteiger partial charge in [-0.05, 0) is 0 Å². The molecule has 11 heavy (non-hydrogen) atoms. The first-order valence-electron chi connectivity index (χ1n) is 4.78. The van der Waals surface area contributed by atoms with Crippen LogP contribution >= 0.6 is 0 Å². The molecule has 0 radical (unpaired) electrons. The molecule has 1 aliphatic heterocycles. The van der Waals surface area contributed by atoms with Gasteiger partial charge in [0.05, 0.1) is 6.10 Å². The van der Waals surface area contributed by atoms with Gasteiger partial charge in [-0.1, -0.05) is 38.5 Å². The van der Waals surface area contributed by atoms with Crippen molar-refractivity contribution in [1.82, 2.24) is 5.32 Å². The van der Waals surface area contributed by atoms with E-state index >= 15 is 0 Å². The summed E-state index contributed by atoms with van der Waals surface area (Å²) in [6.07, 6.45) is 8.95. The molecule has 0 aromatic carbocycles. The van der Waals surface area contributed by atoms with Gasteiger partial charge in [-0.3, -0.25) is 0 Å². The lowest BCUT2D eigenvalue weighted by Crippen LogP contribution is -2.46. The Kier molecular flexibility index (Phi) is 4.55. The van der Waals surface area contributed by atoms with Crippen LogP contribution in [0.5, 0.6) is 0 Å². The lowest BCUT2D eigenvalue weighted by molar-refractivity contribution is 0.117. The summed E-state index contributed by atoms with van der Waals surface area (Å²) in [7, 11) is 0. The SMILES string of the molecule is C1CCCCC1.OC1CNC1. The molecule has 1 saturated heterocycles. The molecule has 0 spiro atoms. The minimum absolute atomic E-state index is 0.0463. The van der Waals surface area contributed by atoms with Crippen LogP contribution in [0.3, 0.4) is 0 Å². The molecule has 0 bridgehead atoms. The molecule has 0 atom stereocenters. The molecule has 66 valence electrons. The monoisotopic (exact) mass is 157 g/mol. The van der Waals surface area contributed by atoms with Gasteiger partial charge in [-0.2, -0.15) is 0 Å². The fourth-order valence-corrected chi connectivity index (χ4v) is 1.33. The van der Waals surface area contributed by atoms with Crippen molar-refractivity contribution in [1.29, 1.82) is 0 Å². The van der Waals surface area contributed by atoms with Crippen molar-refractivity contribution < 1.29 is 5.11 Å². The summed E-state index contributed by atoms with van der Waals surface area (Å²) < 4.78 is 0. The van der Waals surface area contributed by atoms with Crippen LogP contribution in [0.4, 0.5) is 0 Å². The first-order valence-corrected chi connectivity index (χ1v) is 4.78. The molecule has 0 amide bonds. The van der Waals surface area contributed by atoms with E-state index in [1.807, 2.05) is 0 Å². The predicted octanol–water partition coefficient (Wildman–Crippen LogP) is 1.29. The molecule has 1 heterocycles. The Labute approximate surface area is 69.0 Å². The van der Waals surface area contributed by atoms with E-state index < -0.39 is 0 Å². The molecular weight excluding hydrogens is 138 g/mol. The Morgan fingerprint density at radius 1 is 0.818 bits per heavy atom. The highest BCUT2D eigenvalue weighted by Crippen LogP contribution is 2.15. The number of β-amino-alcohol motifs (C(OH)–C–C–N with tert-alkyl or cyclic N) is 1. The number of nitrogens with one attached hydrogen (secondary N) is 1. The Bertz CT molecular complexity index is 76.1. The fourth-order valence-electron chi connectivity index (χ4n) is 1.33. The minimum Gasteiger partial charge on any atom is -0.390 e. The first kappa shape index (κ1) is 9.01. The van der Waals surface area contributed by atoms with Crippen LogP contribution in [0.1, 0.15) is 38.5 Å². The highest BCUT2D eigenvalue weighted by atomic mass is 16.3. The number of hydrogen-bond acceptors (Lipinski definition) is 2. The summed E-state index contributed by atoms with van der Waals surface area (Å²) in [5.74, 6) is 0. The highest BCUT2D eigenvalue weighted by Gasteiger charge is 2.10. The number of hydrogen-bond donors (Lipinski definition) is 2. The topological polar surface area (TPSA) is 32.3 Å². The van der Waals surface area contributed by atoms with Gasteiger partial charge in [0, 0.05) is 13.1 Å². The van der Waals surface area contributed by atoms with Gasteiger partial charge < -0.3 is 10.4 Å². The van der Waals surface area contributed by atoms with Gasteiger partial charge in [0.15, 0.2) is 0 Å². The number of aliphatic hydroxyl groups is 1. The van der Waals surface area contributed by atoms with Crippen molar-refractivity contribution in [2.24, 2.45) is 0 Å². The summed E-state index contributed by atoms with van der Waals surface area (Å²) in [6, 6.07) is 0. The van der Waals surface area contributed by atoms with Gasteiger partial charge in [0.25, 0.3) is 0 Å². The second-order valence-corrected chi connectivity index (χ2v) is 3.43. The van der Waals surface area contributed by atoms with Crippen molar-refractivity contribution in [3.05, 3.63) is 0 Å². The predicted molar refractivity (Wildman–Crippen MR) is 46.6 cm³/mol. The van der Waals surface area contributed by atoms with Gasteiger partial charge in [-0.25, -0.2) is 0 Å². The van der Waals surface area contributed by atoms with E-state index in [1.54, 1.807) is 0 Å². The molecular formula is C9H19NO. The molecule has 2 nitrogen and oxygen atoms in total. The third-order valence-electron chi connectivity index (χ3n) is 2.26. The van der Waals surface area contributed by atoms with Crippen LogP contribution in [0.25, 0.3) is 0 Å². The van der Waals surface area contributed by atoms with Crippen LogP contribution in [0.15, 0.2) is 0 Å². The molecule has 2 fully saturated rings. The lowest BCUT2D eigenvalue weighted by atomic mass is 10.0. The summed E-state index contributed by atoms with van der Waals surface area (Å²) in [5.41, 5.74) is 0. The summed E-state index contributed by atoms with van der Waals surface area (Å²) in [5, 5.41) is 11.3. The zero-order valence-electron chi connectivity index (χ0n) is 7.18. The van der Waals surface area contributed by atoms with Crippen LogP contribution in [0.2, 0.25) is 0 Å². The molecule has 2 heteroatoms. The average molecular weight is 157 g/mol. The lowest BCUT2D eigenvalue weighted by Gasteiger charge is -2.20. The molecule has 2 rings (SSSR count). The summed E-state index contributed by atoms with van der Waals surface area (Å²) in [4.78, 5) is 0. The molecule has 2 N–H and O–H groups in total. The fraction of sp³-hybridized carbons (Fsp3) is 1.00. The third-order valence-corrected chi connectivity index (χ3v) is 2.26. The second-order valence-electron chi connectivity index (χ2n) is 3.43. The molecule has 1 saturated carbocycles. The highest BCUT2D eigenvalue weighted by molar-refractivity contribution is 4.71. The maximum absolute atomic E-state index is 8.39. The van der Waals surface area contributed by atoms with E-state index in [0.717, 1.165) is 13.1 Å². The normalized spacial score (nSPS) is 24.8. The number of rotatable bonds is 0. The van der Waals surface area contributed by atoms with E-state index in [-0.39, 0.29) is 6.10 Å². The Hall–Kier alpha value is -0.0800. The minimum atomic E-state index is -0.0463. The van der Waals surface area contributed by atoms with Gasteiger partial charge in [0.1, 0.15) is 0 Å². The number of aliphatic hydroxyl groups excluding tert-OH is 1. The molecule has 0 unspecified atom stereocenters. The summed E-state index contributed by atoms with van der Waals surface area (Å²) >= 11 is 0. The van der Waals surface area contributed by atoms with Crippen LogP contribution < -0.4 is 5.32 Å². The van der Waals surface area contributed by atoms with E-state index in [2.05, 4.69) is 5.32 Å². The van der Waals surface area contributed by atoms with Crippen molar-refractivity contribution in [2.75, 3.05) is 13.1 Å². The first-order chi connectivity index (χ1) is 5.39. The quantitative estimate of drug-likeness (QED) is 0.555. The van der Waals surface area contributed by atoms with E-state index in [4.69, 9.17) is 5.11 Å². The average Bonchev–Trinajstić information content (AvgIpc) is 2.05. The zero-order chi connectivity index (χ0) is 7.94. The molecule has 0 aromatic rings. The van der Waals surface area contributed by atoms with Crippen LogP contribution in [-0.2, 0) is 0 Å². The largest absolute Gasteiger partial charge is 0.390 e. The van der Waals surface area contributed by atoms with Gasteiger partial charge in [-0.15, -0.1) is 0 Å². The maximum atomic E-state index is 8.39. The molecule has 1 aliphatic carbocycles. The maximum Gasteiger partial charge on any atom is 0.0788 e. The Balaban J connectivity index is 0.000000112.